The highest BCUT2D eigenvalue weighted by Crippen LogP contribution is 2.16. The molecule has 0 bridgehead atoms. The summed E-state index contributed by atoms with van der Waals surface area (Å²) in [6.07, 6.45) is 6.22. The second-order valence-corrected chi connectivity index (χ2v) is 6.24. The Balaban J connectivity index is 0.00000264. The minimum atomic E-state index is 0. The molecule has 1 aliphatic heterocycles. The van der Waals surface area contributed by atoms with Crippen LogP contribution in [-0.2, 0) is 6.54 Å². The highest BCUT2D eigenvalue weighted by molar-refractivity contribution is 5.94. The first-order valence-corrected chi connectivity index (χ1v) is 8.52. The number of nitrogens with zero attached hydrogens (tertiary/aromatic N) is 1. The predicted octanol–water partition coefficient (Wildman–Crippen LogP) is 2.95. The average molecular weight is 340 g/mol. The highest BCUT2D eigenvalue weighted by atomic mass is 35.5. The molecule has 0 aliphatic carbocycles. The Bertz CT molecular complexity index is 464. The normalized spacial score (nSPS) is 18.3. The van der Waals surface area contributed by atoms with Gasteiger partial charge in [0.15, 0.2) is 0 Å². The molecule has 0 saturated carbocycles. The summed E-state index contributed by atoms with van der Waals surface area (Å²) in [4.78, 5) is 14.6. The number of hydrogen-bond acceptors (Lipinski definition) is 3. The fourth-order valence-corrected chi connectivity index (χ4v) is 3.03. The molecule has 5 heteroatoms. The third-order valence-corrected chi connectivity index (χ3v) is 4.55. The van der Waals surface area contributed by atoms with Gasteiger partial charge >= 0.3 is 0 Å². The molecule has 1 aliphatic rings. The van der Waals surface area contributed by atoms with E-state index < -0.39 is 0 Å². The maximum absolute atomic E-state index is 12.0. The molecule has 1 amide bonds. The van der Waals surface area contributed by atoms with Crippen LogP contribution in [0.15, 0.2) is 24.3 Å². The third-order valence-electron chi connectivity index (χ3n) is 4.55. The van der Waals surface area contributed by atoms with Crippen molar-refractivity contribution in [3.05, 3.63) is 35.4 Å². The van der Waals surface area contributed by atoms with Gasteiger partial charge < -0.3 is 16.0 Å². The van der Waals surface area contributed by atoms with Crippen LogP contribution in [0.25, 0.3) is 0 Å². The summed E-state index contributed by atoms with van der Waals surface area (Å²) < 4.78 is 0. The second-order valence-electron chi connectivity index (χ2n) is 6.24. The Morgan fingerprint density at radius 3 is 2.65 bits per heavy atom. The number of likely N-dealkylation sites (tertiary alicyclic amines) is 1. The molecule has 1 saturated heterocycles. The molecule has 4 nitrogen and oxygen atoms in total. The summed E-state index contributed by atoms with van der Waals surface area (Å²) in [5.74, 6) is 0.00918. The monoisotopic (exact) mass is 339 g/mol. The van der Waals surface area contributed by atoms with Gasteiger partial charge in [-0.05, 0) is 63.4 Å². The fraction of sp³-hybridized carbons (Fsp3) is 0.611. The number of benzene rings is 1. The van der Waals surface area contributed by atoms with Crippen LogP contribution in [0.1, 0.15) is 54.9 Å². The Kier molecular flexibility index (Phi) is 9.22. The number of hydrogen-bond donors (Lipinski definition) is 2. The molecule has 0 radical (unpaired) electrons. The van der Waals surface area contributed by atoms with Crippen LogP contribution in [0.2, 0.25) is 0 Å². The molecule has 1 aromatic rings. The lowest BCUT2D eigenvalue weighted by Crippen LogP contribution is -2.38. The van der Waals surface area contributed by atoms with Crippen molar-refractivity contribution in [3.8, 4) is 0 Å². The van der Waals surface area contributed by atoms with Gasteiger partial charge in [-0.2, -0.15) is 0 Å². The van der Waals surface area contributed by atoms with E-state index >= 15 is 0 Å². The van der Waals surface area contributed by atoms with E-state index in [9.17, 15) is 4.79 Å². The lowest BCUT2D eigenvalue weighted by Gasteiger charge is -2.33. The molecule has 1 heterocycles. The van der Waals surface area contributed by atoms with Crippen molar-refractivity contribution >= 4 is 18.3 Å². The summed E-state index contributed by atoms with van der Waals surface area (Å²) in [6.45, 7) is 5.98. The van der Waals surface area contributed by atoms with Crippen molar-refractivity contribution in [3.63, 3.8) is 0 Å². The van der Waals surface area contributed by atoms with Crippen molar-refractivity contribution in [1.29, 1.82) is 0 Å². The van der Waals surface area contributed by atoms with E-state index in [1.165, 1.54) is 25.8 Å². The zero-order valence-electron chi connectivity index (χ0n) is 14.1. The lowest BCUT2D eigenvalue weighted by molar-refractivity contribution is 0.0951. The van der Waals surface area contributed by atoms with Crippen molar-refractivity contribution in [2.75, 3.05) is 19.6 Å². The quantitative estimate of drug-likeness (QED) is 0.751. The first-order valence-electron chi connectivity index (χ1n) is 8.52. The van der Waals surface area contributed by atoms with Gasteiger partial charge in [-0.1, -0.05) is 18.6 Å². The maximum Gasteiger partial charge on any atom is 0.251 e. The SMILES string of the molecule is CC1CCCCN1CCCCNC(=O)c1ccc(CN)cc1.Cl. The van der Waals surface area contributed by atoms with Crippen LogP contribution in [-0.4, -0.2) is 36.5 Å². The molecule has 2 rings (SSSR count). The molecule has 23 heavy (non-hydrogen) atoms. The number of carbonyl (C=O) groups is 1. The first kappa shape index (κ1) is 19.9. The number of halogens is 1. The number of rotatable bonds is 7. The van der Waals surface area contributed by atoms with E-state index in [-0.39, 0.29) is 18.3 Å². The van der Waals surface area contributed by atoms with Crippen LogP contribution >= 0.6 is 12.4 Å². The number of nitrogens with one attached hydrogen (secondary N) is 1. The summed E-state index contributed by atoms with van der Waals surface area (Å²) in [7, 11) is 0. The first-order chi connectivity index (χ1) is 10.7. The lowest BCUT2D eigenvalue weighted by atomic mass is 10.0. The minimum Gasteiger partial charge on any atom is -0.352 e. The van der Waals surface area contributed by atoms with Crippen molar-refractivity contribution < 1.29 is 4.79 Å². The van der Waals surface area contributed by atoms with Crippen LogP contribution < -0.4 is 11.1 Å². The van der Waals surface area contributed by atoms with Crippen LogP contribution in [0, 0.1) is 0 Å². The van der Waals surface area contributed by atoms with Gasteiger partial charge in [0.25, 0.3) is 5.91 Å². The number of carbonyl (C=O) groups excluding carboxylic acids is 1. The zero-order chi connectivity index (χ0) is 15.8. The molecule has 1 fully saturated rings. The van der Waals surface area contributed by atoms with Gasteiger partial charge in [-0.3, -0.25) is 4.79 Å². The van der Waals surface area contributed by atoms with Crippen molar-refractivity contribution in [2.24, 2.45) is 5.73 Å². The van der Waals surface area contributed by atoms with Gasteiger partial charge in [0, 0.05) is 24.7 Å². The van der Waals surface area contributed by atoms with E-state index in [1.54, 1.807) is 0 Å². The van der Waals surface area contributed by atoms with Gasteiger partial charge in [0.2, 0.25) is 0 Å². The Morgan fingerprint density at radius 1 is 1.26 bits per heavy atom. The third kappa shape index (κ3) is 6.50. The highest BCUT2D eigenvalue weighted by Gasteiger charge is 2.17. The molecular weight excluding hydrogens is 310 g/mol. The summed E-state index contributed by atoms with van der Waals surface area (Å²) in [6, 6.07) is 8.23. The molecular formula is C18H30ClN3O. The Hall–Kier alpha value is -1.10. The van der Waals surface area contributed by atoms with E-state index in [1.807, 2.05) is 24.3 Å². The largest absolute Gasteiger partial charge is 0.352 e. The topological polar surface area (TPSA) is 58.4 Å². The molecule has 1 atom stereocenters. The molecule has 0 aromatic heterocycles. The molecule has 3 N–H and O–H groups in total. The van der Waals surface area contributed by atoms with Crippen molar-refractivity contribution in [1.82, 2.24) is 10.2 Å². The summed E-state index contributed by atoms with van der Waals surface area (Å²) in [5.41, 5.74) is 7.31. The van der Waals surface area contributed by atoms with Gasteiger partial charge in [-0.25, -0.2) is 0 Å². The molecule has 1 unspecified atom stereocenters. The standard InChI is InChI=1S/C18H29N3O.ClH/c1-15-6-2-4-12-21(15)13-5-3-11-20-18(22)17-9-7-16(14-19)8-10-17;/h7-10,15H,2-6,11-14,19H2,1H3,(H,20,22);1H. The number of nitrogens with two attached hydrogens (primary N) is 1. The van der Waals surface area contributed by atoms with Crippen LogP contribution in [0.4, 0.5) is 0 Å². The summed E-state index contributed by atoms with van der Waals surface area (Å²) in [5, 5.41) is 3.00. The van der Waals surface area contributed by atoms with E-state index in [2.05, 4.69) is 17.1 Å². The molecule has 1 aromatic carbocycles. The van der Waals surface area contributed by atoms with Gasteiger partial charge in [0.05, 0.1) is 0 Å². The number of piperidine rings is 1. The second kappa shape index (κ2) is 10.6. The van der Waals surface area contributed by atoms with E-state index in [4.69, 9.17) is 5.73 Å². The predicted molar refractivity (Wildman–Crippen MR) is 98.0 cm³/mol. The maximum atomic E-state index is 12.0. The average Bonchev–Trinajstić information content (AvgIpc) is 2.56. The van der Waals surface area contributed by atoms with Crippen LogP contribution in [0.3, 0.4) is 0 Å². The number of unbranched alkanes of at least 4 members (excludes halogenated alkanes) is 1. The Labute approximate surface area is 146 Å². The minimum absolute atomic E-state index is 0. The molecule has 0 spiro atoms. The van der Waals surface area contributed by atoms with Gasteiger partial charge in [-0.15, -0.1) is 12.4 Å². The summed E-state index contributed by atoms with van der Waals surface area (Å²) >= 11 is 0. The van der Waals surface area contributed by atoms with E-state index in [0.717, 1.165) is 37.5 Å². The van der Waals surface area contributed by atoms with E-state index in [0.29, 0.717) is 12.1 Å². The zero-order valence-corrected chi connectivity index (χ0v) is 14.9. The Morgan fingerprint density at radius 2 is 2.00 bits per heavy atom. The van der Waals surface area contributed by atoms with Crippen LogP contribution in [0.5, 0.6) is 0 Å². The molecule has 130 valence electrons. The van der Waals surface area contributed by atoms with Gasteiger partial charge in [0.1, 0.15) is 0 Å². The van der Waals surface area contributed by atoms with Crippen molar-refractivity contribution in [2.45, 2.75) is 51.6 Å². The fourth-order valence-electron chi connectivity index (χ4n) is 3.03. The smallest absolute Gasteiger partial charge is 0.251 e. The number of amides is 1.